The maximum absolute atomic E-state index is 12.8. The molecule has 0 saturated carbocycles. The van der Waals surface area contributed by atoms with Crippen molar-refractivity contribution in [3.05, 3.63) is 76.2 Å². The molecular weight excluding hydrogens is 374 g/mol. The molecule has 0 radical (unpaired) electrons. The molecule has 150 valence electrons. The number of nitrogens with one attached hydrogen (secondary N) is 1. The molecule has 3 aromatic rings. The lowest BCUT2D eigenvalue weighted by molar-refractivity contribution is -0.123. The summed E-state index contributed by atoms with van der Waals surface area (Å²) in [5.74, 6) is -1.32. The fraction of sp³-hybridized carbons (Fsp3) is 0.190. The summed E-state index contributed by atoms with van der Waals surface area (Å²) in [6.07, 6.45) is -1.12. The molecule has 0 aliphatic heterocycles. The van der Waals surface area contributed by atoms with Gasteiger partial charge in [-0.15, -0.1) is 0 Å². The van der Waals surface area contributed by atoms with Crippen LogP contribution in [0, 0.1) is 6.92 Å². The third-order valence-electron chi connectivity index (χ3n) is 4.56. The number of anilines is 1. The Hall–Kier alpha value is -3.81. The number of hydrogen-bond acceptors (Lipinski definition) is 5. The highest BCUT2D eigenvalue weighted by Gasteiger charge is 2.23. The van der Waals surface area contributed by atoms with Gasteiger partial charge in [0.15, 0.2) is 6.10 Å². The van der Waals surface area contributed by atoms with E-state index in [1.54, 1.807) is 30.8 Å². The van der Waals surface area contributed by atoms with Crippen LogP contribution < -0.4 is 10.9 Å². The molecule has 0 bridgehead atoms. The van der Waals surface area contributed by atoms with Crippen molar-refractivity contribution < 1.29 is 19.4 Å². The van der Waals surface area contributed by atoms with Gasteiger partial charge in [-0.2, -0.15) is 0 Å². The Morgan fingerprint density at radius 2 is 1.69 bits per heavy atom. The average molecular weight is 395 g/mol. The van der Waals surface area contributed by atoms with Crippen molar-refractivity contribution in [2.45, 2.75) is 20.0 Å². The highest BCUT2D eigenvalue weighted by Crippen LogP contribution is 2.15. The molecule has 1 heterocycles. The topological polar surface area (TPSA) is 103 Å². The second kappa shape index (κ2) is 8.05. The normalized spacial score (nSPS) is 11.7. The molecule has 2 N–H and O–H groups in total. The van der Waals surface area contributed by atoms with Crippen LogP contribution in [-0.2, 0) is 16.6 Å². The van der Waals surface area contributed by atoms with Gasteiger partial charge in [0.1, 0.15) is 11.4 Å². The van der Waals surface area contributed by atoms with Crippen LogP contribution in [0.15, 0.2) is 59.4 Å². The minimum atomic E-state index is -1.12. The van der Waals surface area contributed by atoms with Gasteiger partial charge in [-0.1, -0.05) is 18.2 Å². The van der Waals surface area contributed by atoms with Crippen molar-refractivity contribution in [3.63, 3.8) is 0 Å². The van der Waals surface area contributed by atoms with Gasteiger partial charge < -0.3 is 15.2 Å². The monoisotopic (exact) mass is 395 g/mol. The van der Waals surface area contributed by atoms with Crippen molar-refractivity contribution in [1.29, 1.82) is 0 Å². The second-order valence-electron chi connectivity index (χ2n) is 6.52. The lowest BCUT2D eigenvalue weighted by Gasteiger charge is -2.13. The molecule has 2 aromatic carbocycles. The van der Waals surface area contributed by atoms with Crippen molar-refractivity contribution >= 4 is 17.6 Å². The standard InChI is InChI=1S/C21H21N3O5/c1-13-18(20(27)24(23(13)3)16-7-5-4-6-8-16)22-19(26)14(2)29-21(28)15-9-11-17(25)12-10-15/h4-12,14,25H,1-3H3,(H,22,26)/t14-/m0/s1. The van der Waals surface area contributed by atoms with E-state index in [1.807, 2.05) is 18.2 Å². The number of para-hydroxylation sites is 1. The maximum atomic E-state index is 12.8. The number of ether oxygens (including phenoxy) is 1. The zero-order valence-corrected chi connectivity index (χ0v) is 16.2. The molecule has 1 atom stereocenters. The lowest BCUT2D eigenvalue weighted by atomic mass is 10.2. The van der Waals surface area contributed by atoms with Gasteiger partial charge in [0.05, 0.1) is 16.9 Å². The Morgan fingerprint density at radius 1 is 1.07 bits per heavy atom. The number of hydrogen-bond donors (Lipinski definition) is 2. The van der Waals surface area contributed by atoms with E-state index in [2.05, 4.69) is 5.32 Å². The van der Waals surface area contributed by atoms with Crippen LogP contribution >= 0.6 is 0 Å². The van der Waals surface area contributed by atoms with Gasteiger partial charge in [-0.25, -0.2) is 9.48 Å². The number of esters is 1. The van der Waals surface area contributed by atoms with Crippen molar-refractivity contribution in [2.75, 3.05) is 5.32 Å². The van der Waals surface area contributed by atoms with Gasteiger partial charge in [-0.05, 0) is 50.2 Å². The minimum Gasteiger partial charge on any atom is -0.508 e. The van der Waals surface area contributed by atoms with E-state index in [0.29, 0.717) is 11.4 Å². The Labute approximate surface area is 166 Å². The number of phenols is 1. The van der Waals surface area contributed by atoms with Crippen molar-refractivity contribution in [1.82, 2.24) is 9.36 Å². The minimum absolute atomic E-state index is 0.0154. The Balaban J connectivity index is 1.77. The average Bonchev–Trinajstić information content (AvgIpc) is 2.92. The number of carbonyl (C=O) groups is 2. The van der Waals surface area contributed by atoms with Crippen LogP contribution in [-0.4, -0.2) is 32.5 Å². The summed E-state index contributed by atoms with van der Waals surface area (Å²) in [6.45, 7) is 3.13. The fourth-order valence-corrected chi connectivity index (χ4v) is 2.82. The summed E-state index contributed by atoms with van der Waals surface area (Å²) in [7, 11) is 1.72. The number of amides is 1. The SMILES string of the molecule is Cc1c(NC(=O)[C@H](C)OC(=O)c2ccc(O)cc2)c(=O)n(-c2ccccc2)n1C. The molecule has 0 aliphatic carbocycles. The lowest BCUT2D eigenvalue weighted by Crippen LogP contribution is -2.32. The maximum Gasteiger partial charge on any atom is 0.338 e. The molecule has 8 nitrogen and oxygen atoms in total. The molecule has 0 unspecified atom stereocenters. The molecule has 0 spiro atoms. The predicted molar refractivity (Wildman–Crippen MR) is 107 cm³/mol. The first-order valence-electron chi connectivity index (χ1n) is 8.94. The summed E-state index contributed by atoms with van der Waals surface area (Å²) >= 11 is 0. The van der Waals surface area contributed by atoms with Crippen LogP contribution in [0.3, 0.4) is 0 Å². The molecular formula is C21H21N3O5. The highest BCUT2D eigenvalue weighted by molar-refractivity contribution is 5.97. The molecule has 0 aliphatic rings. The molecule has 1 amide bonds. The molecule has 1 aromatic heterocycles. The summed E-state index contributed by atoms with van der Waals surface area (Å²) in [6, 6.07) is 14.5. The zero-order valence-electron chi connectivity index (χ0n) is 16.2. The summed E-state index contributed by atoms with van der Waals surface area (Å²) in [4.78, 5) is 37.5. The Bertz CT molecular complexity index is 1100. The highest BCUT2D eigenvalue weighted by atomic mass is 16.5. The summed E-state index contributed by atoms with van der Waals surface area (Å²) < 4.78 is 8.25. The molecule has 29 heavy (non-hydrogen) atoms. The van der Waals surface area contributed by atoms with Crippen LogP contribution in [0.5, 0.6) is 5.75 Å². The van der Waals surface area contributed by atoms with Crippen LogP contribution in [0.4, 0.5) is 5.69 Å². The largest absolute Gasteiger partial charge is 0.508 e. The molecule has 8 heteroatoms. The number of benzene rings is 2. The number of aromatic hydroxyl groups is 1. The van der Waals surface area contributed by atoms with Gasteiger partial charge in [-0.3, -0.25) is 14.3 Å². The first-order valence-corrected chi connectivity index (χ1v) is 8.94. The molecule has 3 rings (SSSR count). The number of nitrogens with zero attached hydrogens (tertiary/aromatic N) is 2. The summed E-state index contributed by atoms with van der Waals surface area (Å²) in [5.41, 5.74) is 1.15. The summed E-state index contributed by atoms with van der Waals surface area (Å²) in [5, 5.41) is 11.8. The Kier molecular flexibility index (Phi) is 5.54. The number of rotatable bonds is 5. The van der Waals surface area contributed by atoms with Crippen molar-refractivity contribution in [3.8, 4) is 11.4 Å². The third-order valence-corrected chi connectivity index (χ3v) is 4.56. The van der Waals surface area contributed by atoms with E-state index in [1.165, 1.54) is 35.9 Å². The van der Waals surface area contributed by atoms with Gasteiger partial charge >= 0.3 is 5.97 Å². The smallest absolute Gasteiger partial charge is 0.338 e. The molecule has 0 saturated heterocycles. The van der Waals surface area contributed by atoms with Gasteiger partial charge in [0, 0.05) is 7.05 Å². The second-order valence-corrected chi connectivity index (χ2v) is 6.52. The van der Waals surface area contributed by atoms with E-state index >= 15 is 0 Å². The quantitative estimate of drug-likeness (QED) is 0.646. The first-order chi connectivity index (χ1) is 13.8. The first kappa shape index (κ1) is 19.9. The van der Waals surface area contributed by atoms with Crippen LogP contribution in [0.1, 0.15) is 23.0 Å². The fourth-order valence-electron chi connectivity index (χ4n) is 2.82. The van der Waals surface area contributed by atoms with Crippen molar-refractivity contribution in [2.24, 2.45) is 7.05 Å². The van der Waals surface area contributed by atoms with Gasteiger partial charge in [0.25, 0.3) is 11.5 Å². The van der Waals surface area contributed by atoms with E-state index in [0.717, 1.165) is 0 Å². The van der Waals surface area contributed by atoms with Crippen LogP contribution in [0.25, 0.3) is 5.69 Å². The van der Waals surface area contributed by atoms with E-state index in [4.69, 9.17) is 4.74 Å². The van der Waals surface area contributed by atoms with E-state index in [9.17, 15) is 19.5 Å². The molecule has 0 fully saturated rings. The van der Waals surface area contributed by atoms with E-state index in [-0.39, 0.29) is 22.6 Å². The zero-order chi connectivity index (χ0) is 21.1. The predicted octanol–water partition coefficient (Wildman–Crippen LogP) is 2.37. The third kappa shape index (κ3) is 4.06. The van der Waals surface area contributed by atoms with E-state index < -0.39 is 18.0 Å². The van der Waals surface area contributed by atoms with Gasteiger partial charge in [0.2, 0.25) is 0 Å². The number of carbonyl (C=O) groups excluding carboxylic acids is 2. The Morgan fingerprint density at radius 3 is 2.31 bits per heavy atom. The number of aromatic nitrogens is 2. The van der Waals surface area contributed by atoms with Crippen LogP contribution in [0.2, 0.25) is 0 Å². The number of phenolic OH excluding ortho intramolecular Hbond substituents is 1.